The Morgan fingerprint density at radius 1 is 1.50 bits per heavy atom. The van der Waals surface area contributed by atoms with E-state index in [1.165, 1.54) is 6.07 Å². The minimum Gasteiger partial charge on any atom is -0.494 e. The molecular weight excluding hydrogens is 232 g/mol. The van der Waals surface area contributed by atoms with Gasteiger partial charge in [0, 0.05) is 23.9 Å². The zero-order valence-electron chi connectivity index (χ0n) is 10.9. The number of hydrogen-bond acceptors (Lipinski definition) is 4. The largest absolute Gasteiger partial charge is 0.494 e. The molecule has 1 fully saturated rings. The van der Waals surface area contributed by atoms with Crippen LogP contribution >= 0.6 is 0 Å². The molecule has 1 aliphatic rings. The third-order valence-corrected chi connectivity index (χ3v) is 3.27. The Kier molecular flexibility index (Phi) is 3.15. The van der Waals surface area contributed by atoms with Crippen LogP contribution in [-0.2, 0) is 0 Å². The molecule has 2 rings (SSSR count). The Bertz CT molecular complexity index is 471. The molecule has 0 aromatic heterocycles. The molecule has 1 saturated carbocycles. The Morgan fingerprint density at radius 2 is 2.17 bits per heavy atom. The molecule has 18 heavy (non-hydrogen) atoms. The second kappa shape index (κ2) is 4.48. The molecule has 1 atom stereocenters. The maximum Gasteiger partial charge on any atom is 0.275 e. The van der Waals surface area contributed by atoms with E-state index in [1.54, 1.807) is 6.07 Å². The van der Waals surface area contributed by atoms with E-state index >= 15 is 0 Å². The number of rotatable bonds is 5. The van der Waals surface area contributed by atoms with Gasteiger partial charge in [0.25, 0.3) is 5.69 Å². The van der Waals surface area contributed by atoms with Crippen LogP contribution in [0.15, 0.2) is 18.2 Å². The minimum atomic E-state index is -0.397. The fraction of sp³-hybridized carbons (Fsp3) is 0.538. The number of anilines is 1. The standard InChI is InChI=1S/C13H18N2O3/c1-4-18-11-6-9(5-10(7-11)15(16)17)14-12-8-13(12,2)3/h5-7,12,14H,4,8H2,1-3H3. The topological polar surface area (TPSA) is 64.4 Å². The van der Waals surface area contributed by atoms with E-state index < -0.39 is 4.92 Å². The Morgan fingerprint density at radius 3 is 2.67 bits per heavy atom. The summed E-state index contributed by atoms with van der Waals surface area (Å²) < 4.78 is 5.35. The van der Waals surface area contributed by atoms with Crippen LogP contribution in [0.4, 0.5) is 11.4 Å². The van der Waals surface area contributed by atoms with Gasteiger partial charge < -0.3 is 10.1 Å². The monoisotopic (exact) mass is 250 g/mol. The molecule has 0 aliphatic heterocycles. The first-order valence-corrected chi connectivity index (χ1v) is 6.11. The highest BCUT2D eigenvalue weighted by Gasteiger charge is 2.45. The predicted octanol–water partition coefficient (Wildman–Crippen LogP) is 3.20. The Labute approximate surface area is 106 Å². The third kappa shape index (κ3) is 2.72. The van der Waals surface area contributed by atoms with Crippen molar-refractivity contribution in [2.45, 2.75) is 33.2 Å². The van der Waals surface area contributed by atoms with Crippen molar-refractivity contribution < 1.29 is 9.66 Å². The van der Waals surface area contributed by atoms with Crippen LogP contribution in [0, 0.1) is 15.5 Å². The summed E-state index contributed by atoms with van der Waals surface area (Å²) in [6.07, 6.45) is 1.08. The average Bonchev–Trinajstić information content (AvgIpc) is 2.85. The summed E-state index contributed by atoms with van der Waals surface area (Å²) in [5.74, 6) is 0.535. The zero-order chi connectivity index (χ0) is 13.3. The van der Waals surface area contributed by atoms with Crippen molar-refractivity contribution in [1.29, 1.82) is 0 Å². The number of nitrogens with one attached hydrogen (secondary N) is 1. The van der Waals surface area contributed by atoms with E-state index in [-0.39, 0.29) is 11.1 Å². The highest BCUT2D eigenvalue weighted by molar-refractivity contribution is 5.57. The fourth-order valence-electron chi connectivity index (χ4n) is 1.94. The zero-order valence-corrected chi connectivity index (χ0v) is 10.9. The number of hydrogen-bond donors (Lipinski definition) is 1. The Balaban J connectivity index is 2.20. The van der Waals surface area contributed by atoms with E-state index in [0.717, 1.165) is 12.1 Å². The smallest absolute Gasteiger partial charge is 0.275 e. The first-order valence-electron chi connectivity index (χ1n) is 6.11. The van der Waals surface area contributed by atoms with Crippen molar-refractivity contribution in [1.82, 2.24) is 0 Å². The summed E-state index contributed by atoms with van der Waals surface area (Å²) in [5.41, 5.74) is 1.08. The molecule has 0 bridgehead atoms. The normalized spacial score (nSPS) is 20.3. The minimum absolute atomic E-state index is 0.0573. The predicted molar refractivity (Wildman–Crippen MR) is 70.1 cm³/mol. The van der Waals surface area contributed by atoms with Crippen molar-refractivity contribution in [3.05, 3.63) is 28.3 Å². The quantitative estimate of drug-likeness (QED) is 0.643. The van der Waals surface area contributed by atoms with Crippen LogP contribution in [0.25, 0.3) is 0 Å². The number of nitrogens with zero attached hydrogens (tertiary/aromatic N) is 1. The number of nitro groups is 1. The molecule has 1 aromatic carbocycles. The molecular formula is C13H18N2O3. The van der Waals surface area contributed by atoms with Crippen molar-refractivity contribution in [2.24, 2.45) is 5.41 Å². The molecule has 0 amide bonds. The van der Waals surface area contributed by atoms with Crippen LogP contribution in [0.5, 0.6) is 5.75 Å². The molecule has 1 unspecified atom stereocenters. The second-order valence-corrected chi connectivity index (χ2v) is 5.30. The number of non-ortho nitro benzene ring substituents is 1. The highest BCUT2D eigenvalue weighted by Crippen LogP contribution is 2.47. The number of benzene rings is 1. The van der Waals surface area contributed by atoms with E-state index in [9.17, 15) is 10.1 Å². The summed E-state index contributed by atoms with van der Waals surface area (Å²) in [4.78, 5) is 10.5. The van der Waals surface area contributed by atoms with E-state index in [1.807, 2.05) is 13.0 Å². The number of nitro benzene ring substituents is 1. The van der Waals surface area contributed by atoms with Gasteiger partial charge in [-0.25, -0.2) is 0 Å². The van der Waals surface area contributed by atoms with Gasteiger partial charge in [0.2, 0.25) is 0 Å². The van der Waals surface area contributed by atoms with E-state index in [2.05, 4.69) is 19.2 Å². The summed E-state index contributed by atoms with van der Waals surface area (Å²) in [6.45, 7) is 6.70. The fourth-order valence-corrected chi connectivity index (χ4v) is 1.94. The van der Waals surface area contributed by atoms with E-state index in [0.29, 0.717) is 18.4 Å². The maximum absolute atomic E-state index is 10.9. The van der Waals surface area contributed by atoms with Crippen LogP contribution in [0.2, 0.25) is 0 Å². The van der Waals surface area contributed by atoms with Gasteiger partial charge in [0.1, 0.15) is 5.75 Å². The second-order valence-electron chi connectivity index (χ2n) is 5.30. The lowest BCUT2D eigenvalue weighted by molar-refractivity contribution is -0.384. The van der Waals surface area contributed by atoms with Gasteiger partial charge in [-0.05, 0) is 18.8 Å². The molecule has 5 heteroatoms. The lowest BCUT2D eigenvalue weighted by atomic mass is 10.2. The highest BCUT2D eigenvalue weighted by atomic mass is 16.6. The first-order chi connectivity index (χ1) is 8.42. The summed E-state index contributed by atoms with van der Waals surface area (Å²) in [7, 11) is 0. The average molecular weight is 250 g/mol. The lowest BCUT2D eigenvalue weighted by Gasteiger charge is -2.10. The molecule has 0 radical (unpaired) electrons. The van der Waals surface area contributed by atoms with Crippen LogP contribution < -0.4 is 10.1 Å². The van der Waals surface area contributed by atoms with Gasteiger partial charge in [-0.15, -0.1) is 0 Å². The lowest BCUT2D eigenvalue weighted by Crippen LogP contribution is -2.08. The molecule has 1 aliphatic carbocycles. The van der Waals surface area contributed by atoms with Crippen molar-refractivity contribution in [3.63, 3.8) is 0 Å². The molecule has 0 spiro atoms. The van der Waals surface area contributed by atoms with Crippen molar-refractivity contribution in [3.8, 4) is 5.75 Å². The van der Waals surface area contributed by atoms with Crippen LogP contribution in [0.3, 0.4) is 0 Å². The molecule has 5 nitrogen and oxygen atoms in total. The maximum atomic E-state index is 10.9. The molecule has 98 valence electrons. The number of ether oxygens (including phenoxy) is 1. The van der Waals surface area contributed by atoms with Crippen molar-refractivity contribution >= 4 is 11.4 Å². The summed E-state index contributed by atoms with van der Waals surface area (Å²) >= 11 is 0. The SMILES string of the molecule is CCOc1cc(NC2CC2(C)C)cc([N+](=O)[O-])c1. The molecule has 1 aromatic rings. The van der Waals surface area contributed by atoms with Crippen LogP contribution in [-0.4, -0.2) is 17.6 Å². The van der Waals surface area contributed by atoms with Gasteiger partial charge in [-0.2, -0.15) is 0 Å². The van der Waals surface area contributed by atoms with Crippen molar-refractivity contribution in [2.75, 3.05) is 11.9 Å². The molecule has 1 N–H and O–H groups in total. The van der Waals surface area contributed by atoms with E-state index in [4.69, 9.17) is 4.74 Å². The molecule has 0 saturated heterocycles. The Hall–Kier alpha value is -1.78. The van der Waals surface area contributed by atoms with Gasteiger partial charge in [0.05, 0.1) is 17.6 Å². The van der Waals surface area contributed by atoms with Gasteiger partial charge >= 0.3 is 0 Å². The molecule has 0 heterocycles. The van der Waals surface area contributed by atoms with Gasteiger partial charge in [0.15, 0.2) is 0 Å². The third-order valence-electron chi connectivity index (χ3n) is 3.27. The van der Waals surface area contributed by atoms with Gasteiger partial charge in [-0.3, -0.25) is 10.1 Å². The summed E-state index contributed by atoms with van der Waals surface area (Å²) in [6, 6.07) is 5.20. The first kappa shape index (κ1) is 12.7. The summed E-state index contributed by atoms with van der Waals surface area (Å²) in [5, 5.41) is 14.2. The van der Waals surface area contributed by atoms with Gasteiger partial charge in [-0.1, -0.05) is 13.8 Å². The van der Waals surface area contributed by atoms with Crippen LogP contribution in [0.1, 0.15) is 27.2 Å².